The molecule has 0 amide bonds. The topological polar surface area (TPSA) is 76.5 Å². The van der Waals surface area contributed by atoms with Crippen molar-refractivity contribution in [3.05, 3.63) is 46.1 Å². The fourth-order valence-corrected chi connectivity index (χ4v) is 2.05. The lowest BCUT2D eigenvalue weighted by Gasteiger charge is -2.05. The van der Waals surface area contributed by atoms with Crippen molar-refractivity contribution >= 4 is 29.2 Å². The highest BCUT2D eigenvalue weighted by Gasteiger charge is 2.16. The monoisotopic (exact) mass is 299 g/mol. The maximum Gasteiger partial charge on any atom is 0.305 e. The average molecular weight is 300 g/mol. The number of hydrogen-bond donors (Lipinski definition) is 2. The molecule has 0 spiro atoms. The first-order valence-electron chi connectivity index (χ1n) is 5.50. The number of furan rings is 1. The van der Waals surface area contributed by atoms with E-state index in [0.29, 0.717) is 27.1 Å². The molecule has 19 heavy (non-hydrogen) atoms. The molecule has 1 heterocycles. The number of benzene rings is 1. The van der Waals surface area contributed by atoms with E-state index in [4.69, 9.17) is 38.5 Å². The quantitative estimate of drug-likeness (QED) is 0.902. The maximum atomic E-state index is 10.6. The first-order chi connectivity index (χ1) is 8.97. The Hall–Kier alpha value is -1.49. The molecule has 0 aliphatic rings. The van der Waals surface area contributed by atoms with E-state index in [1.54, 1.807) is 30.3 Å². The van der Waals surface area contributed by atoms with Gasteiger partial charge in [-0.15, -0.1) is 0 Å². The van der Waals surface area contributed by atoms with Gasteiger partial charge in [0, 0.05) is 10.6 Å². The van der Waals surface area contributed by atoms with E-state index in [-0.39, 0.29) is 6.42 Å². The molecule has 0 fully saturated rings. The first-order valence-corrected chi connectivity index (χ1v) is 6.25. The number of carboxylic acids is 1. The van der Waals surface area contributed by atoms with Gasteiger partial charge in [-0.2, -0.15) is 0 Å². The van der Waals surface area contributed by atoms with Crippen LogP contribution in [0, 0.1) is 0 Å². The van der Waals surface area contributed by atoms with Crippen LogP contribution in [0.3, 0.4) is 0 Å². The summed E-state index contributed by atoms with van der Waals surface area (Å²) < 4.78 is 5.54. The Morgan fingerprint density at radius 3 is 2.74 bits per heavy atom. The van der Waals surface area contributed by atoms with E-state index in [1.807, 2.05) is 0 Å². The van der Waals surface area contributed by atoms with Crippen molar-refractivity contribution in [2.45, 2.75) is 12.5 Å². The number of hydrogen-bond acceptors (Lipinski definition) is 3. The van der Waals surface area contributed by atoms with Gasteiger partial charge in [0.15, 0.2) is 0 Å². The summed E-state index contributed by atoms with van der Waals surface area (Å²) >= 11 is 12.0. The van der Waals surface area contributed by atoms with Crippen molar-refractivity contribution < 1.29 is 14.3 Å². The number of carbonyl (C=O) groups is 1. The molecule has 100 valence electrons. The molecule has 3 N–H and O–H groups in total. The lowest BCUT2D eigenvalue weighted by Crippen LogP contribution is -2.14. The number of aliphatic carboxylic acids is 1. The molecule has 2 aromatic rings. The van der Waals surface area contributed by atoms with Gasteiger partial charge in [-0.1, -0.05) is 23.2 Å². The molecule has 0 aliphatic heterocycles. The number of rotatable bonds is 4. The van der Waals surface area contributed by atoms with Gasteiger partial charge in [-0.05, 0) is 30.3 Å². The fraction of sp³-hybridized carbons (Fsp3) is 0.154. The molecule has 0 radical (unpaired) electrons. The predicted molar refractivity (Wildman–Crippen MR) is 73.3 cm³/mol. The number of halogens is 2. The Labute approximate surface area is 119 Å². The summed E-state index contributed by atoms with van der Waals surface area (Å²) in [6.45, 7) is 0. The van der Waals surface area contributed by atoms with Gasteiger partial charge >= 0.3 is 5.97 Å². The Kier molecular flexibility index (Phi) is 4.14. The normalized spacial score (nSPS) is 12.4. The van der Waals surface area contributed by atoms with E-state index in [2.05, 4.69) is 0 Å². The molecule has 1 atom stereocenters. The van der Waals surface area contributed by atoms with E-state index in [1.165, 1.54) is 0 Å². The summed E-state index contributed by atoms with van der Waals surface area (Å²) in [6.07, 6.45) is -0.198. The first kappa shape index (κ1) is 13.9. The van der Waals surface area contributed by atoms with Crippen LogP contribution in [-0.4, -0.2) is 11.1 Å². The Morgan fingerprint density at radius 2 is 2.05 bits per heavy atom. The summed E-state index contributed by atoms with van der Waals surface area (Å²) in [7, 11) is 0. The highest BCUT2D eigenvalue weighted by Crippen LogP contribution is 2.33. The maximum absolute atomic E-state index is 10.6. The summed E-state index contributed by atoms with van der Waals surface area (Å²) in [5.41, 5.74) is 6.36. The second kappa shape index (κ2) is 5.65. The molecule has 0 saturated carbocycles. The van der Waals surface area contributed by atoms with E-state index in [0.717, 1.165) is 0 Å². The second-order valence-corrected chi connectivity index (χ2v) is 4.87. The van der Waals surface area contributed by atoms with Crippen molar-refractivity contribution in [2.75, 3.05) is 0 Å². The Balaban J connectivity index is 2.30. The zero-order valence-electron chi connectivity index (χ0n) is 9.77. The smallest absolute Gasteiger partial charge is 0.305 e. The van der Waals surface area contributed by atoms with Crippen molar-refractivity contribution in [3.8, 4) is 11.3 Å². The molecule has 0 unspecified atom stereocenters. The Morgan fingerprint density at radius 1 is 1.32 bits per heavy atom. The van der Waals surface area contributed by atoms with Gasteiger partial charge in [-0.25, -0.2) is 0 Å². The van der Waals surface area contributed by atoms with Crippen molar-refractivity contribution in [1.82, 2.24) is 0 Å². The van der Waals surface area contributed by atoms with Crippen LogP contribution in [-0.2, 0) is 4.79 Å². The molecule has 0 aliphatic carbocycles. The summed E-state index contributed by atoms with van der Waals surface area (Å²) in [5.74, 6) is -0.0805. The number of carboxylic acid groups (broad SMARTS) is 1. The molecule has 0 saturated heterocycles. The molecule has 6 heteroatoms. The van der Waals surface area contributed by atoms with Gasteiger partial charge in [-0.3, -0.25) is 4.79 Å². The van der Waals surface area contributed by atoms with E-state index < -0.39 is 12.0 Å². The van der Waals surface area contributed by atoms with Crippen LogP contribution < -0.4 is 5.73 Å². The second-order valence-electron chi connectivity index (χ2n) is 4.03. The fourth-order valence-electron chi connectivity index (χ4n) is 1.67. The molecular formula is C13H11Cl2NO3. The standard InChI is InChI=1S/C13H11Cl2NO3/c14-7-1-2-9(15)8(5-7)11-3-4-12(19-11)10(16)6-13(17)18/h1-5,10H,6,16H2,(H,17,18)/t10-/m1/s1. The number of nitrogens with two attached hydrogens (primary N) is 1. The van der Waals surface area contributed by atoms with Gasteiger partial charge in [0.2, 0.25) is 0 Å². The zero-order chi connectivity index (χ0) is 14.0. The van der Waals surface area contributed by atoms with Crippen molar-refractivity contribution in [1.29, 1.82) is 0 Å². The summed E-state index contributed by atoms with van der Waals surface area (Å²) in [4.78, 5) is 10.6. The predicted octanol–water partition coefficient (Wildman–Crippen LogP) is 3.73. The van der Waals surface area contributed by atoms with Crippen molar-refractivity contribution in [2.24, 2.45) is 5.73 Å². The van der Waals surface area contributed by atoms with Crippen LogP contribution in [0.4, 0.5) is 0 Å². The van der Waals surface area contributed by atoms with E-state index >= 15 is 0 Å². The molecule has 1 aromatic heterocycles. The largest absolute Gasteiger partial charge is 0.481 e. The highest BCUT2D eigenvalue weighted by atomic mass is 35.5. The van der Waals surface area contributed by atoms with Crippen molar-refractivity contribution in [3.63, 3.8) is 0 Å². The minimum Gasteiger partial charge on any atom is -0.481 e. The molecule has 2 rings (SSSR count). The third-order valence-corrected chi connectivity index (χ3v) is 3.15. The van der Waals surface area contributed by atoms with Crippen LogP contribution in [0.15, 0.2) is 34.7 Å². The van der Waals surface area contributed by atoms with Crippen LogP contribution in [0.1, 0.15) is 18.2 Å². The average Bonchev–Trinajstić information content (AvgIpc) is 2.80. The minimum atomic E-state index is -0.980. The van der Waals surface area contributed by atoms with Crippen LogP contribution in [0.2, 0.25) is 10.0 Å². The van der Waals surface area contributed by atoms with Crippen LogP contribution >= 0.6 is 23.2 Å². The van der Waals surface area contributed by atoms with Gasteiger partial charge in [0.25, 0.3) is 0 Å². The highest BCUT2D eigenvalue weighted by molar-refractivity contribution is 6.35. The minimum absolute atomic E-state index is 0.198. The lowest BCUT2D eigenvalue weighted by atomic mass is 10.1. The Bertz CT molecular complexity index is 610. The van der Waals surface area contributed by atoms with Gasteiger partial charge < -0.3 is 15.3 Å². The van der Waals surface area contributed by atoms with Gasteiger partial charge in [0.05, 0.1) is 17.5 Å². The van der Waals surface area contributed by atoms with E-state index in [9.17, 15) is 4.79 Å². The zero-order valence-corrected chi connectivity index (χ0v) is 11.3. The van der Waals surface area contributed by atoms with Crippen LogP contribution in [0.25, 0.3) is 11.3 Å². The third kappa shape index (κ3) is 3.29. The molecule has 1 aromatic carbocycles. The SMILES string of the molecule is N[C@H](CC(=O)O)c1ccc(-c2cc(Cl)ccc2Cl)o1. The lowest BCUT2D eigenvalue weighted by molar-refractivity contribution is -0.137. The molecule has 4 nitrogen and oxygen atoms in total. The van der Waals surface area contributed by atoms with Crippen LogP contribution in [0.5, 0.6) is 0 Å². The van der Waals surface area contributed by atoms with Gasteiger partial charge in [0.1, 0.15) is 11.5 Å². The molecule has 0 bridgehead atoms. The molecular weight excluding hydrogens is 289 g/mol. The third-order valence-electron chi connectivity index (χ3n) is 2.58. The summed E-state index contributed by atoms with van der Waals surface area (Å²) in [6, 6.07) is 7.65. The summed E-state index contributed by atoms with van der Waals surface area (Å²) in [5, 5.41) is 9.72.